The highest BCUT2D eigenvalue weighted by atomic mass is 16.4. The Balaban J connectivity index is 2.05. The van der Waals surface area contributed by atoms with E-state index in [1.807, 2.05) is 0 Å². The zero-order chi connectivity index (χ0) is 10.7. The number of rotatable bonds is 2. The zero-order valence-electron chi connectivity index (χ0n) is 9.32. The first-order chi connectivity index (χ1) is 7.29. The van der Waals surface area contributed by atoms with Crippen molar-refractivity contribution in [1.29, 1.82) is 0 Å². The number of aliphatic carboxylic acids is 1. The summed E-state index contributed by atoms with van der Waals surface area (Å²) in [6.45, 7) is 1.00. The lowest BCUT2D eigenvalue weighted by Crippen LogP contribution is -2.46. The first-order valence-electron chi connectivity index (χ1n) is 6.27. The summed E-state index contributed by atoms with van der Waals surface area (Å²) in [5, 5.41) is 9.25. The number of nitrogens with zero attached hydrogens (tertiary/aromatic N) is 1. The highest BCUT2D eigenvalue weighted by Crippen LogP contribution is 2.28. The molecule has 0 aromatic heterocycles. The van der Waals surface area contributed by atoms with Gasteiger partial charge in [-0.25, -0.2) is 0 Å². The first-order valence-corrected chi connectivity index (χ1v) is 6.27. The molecule has 0 amide bonds. The minimum atomic E-state index is -0.608. The lowest BCUT2D eigenvalue weighted by Gasteiger charge is -2.32. The molecule has 0 aromatic carbocycles. The quantitative estimate of drug-likeness (QED) is 0.761. The van der Waals surface area contributed by atoms with Crippen molar-refractivity contribution in [2.75, 3.05) is 6.54 Å². The molecule has 86 valence electrons. The molecule has 1 saturated carbocycles. The fourth-order valence-electron chi connectivity index (χ4n) is 3.07. The van der Waals surface area contributed by atoms with Crippen LogP contribution in [-0.2, 0) is 4.79 Å². The van der Waals surface area contributed by atoms with Gasteiger partial charge < -0.3 is 5.11 Å². The van der Waals surface area contributed by atoms with Crippen LogP contribution in [0.2, 0.25) is 0 Å². The van der Waals surface area contributed by atoms with Crippen LogP contribution in [0.5, 0.6) is 0 Å². The normalized spacial score (nSPS) is 30.3. The number of hydrogen-bond donors (Lipinski definition) is 1. The van der Waals surface area contributed by atoms with Crippen molar-refractivity contribution in [2.24, 2.45) is 0 Å². The summed E-state index contributed by atoms with van der Waals surface area (Å²) in [7, 11) is 0. The lowest BCUT2D eigenvalue weighted by atomic mass is 10.1. The Bertz CT molecular complexity index is 224. The highest BCUT2D eigenvalue weighted by molar-refractivity contribution is 5.73. The average molecular weight is 211 g/mol. The van der Waals surface area contributed by atoms with Gasteiger partial charge in [-0.3, -0.25) is 9.69 Å². The van der Waals surface area contributed by atoms with Gasteiger partial charge in [-0.15, -0.1) is 0 Å². The van der Waals surface area contributed by atoms with E-state index < -0.39 is 5.97 Å². The molecule has 3 nitrogen and oxygen atoms in total. The molecule has 3 heteroatoms. The lowest BCUT2D eigenvalue weighted by molar-refractivity contribution is -0.144. The number of carboxylic acids is 1. The van der Waals surface area contributed by atoms with Crippen LogP contribution in [0.4, 0.5) is 0 Å². The monoisotopic (exact) mass is 211 g/mol. The van der Waals surface area contributed by atoms with Gasteiger partial charge in [0.25, 0.3) is 0 Å². The van der Waals surface area contributed by atoms with Crippen molar-refractivity contribution in [1.82, 2.24) is 4.90 Å². The third kappa shape index (κ3) is 2.51. The van der Waals surface area contributed by atoms with Gasteiger partial charge in [0, 0.05) is 6.04 Å². The Labute approximate surface area is 91.5 Å². The molecule has 15 heavy (non-hydrogen) atoms. The van der Waals surface area contributed by atoms with E-state index in [0.29, 0.717) is 6.04 Å². The van der Waals surface area contributed by atoms with Gasteiger partial charge in [0.05, 0.1) is 0 Å². The summed E-state index contributed by atoms with van der Waals surface area (Å²) in [5.74, 6) is -0.608. The summed E-state index contributed by atoms with van der Waals surface area (Å²) in [6.07, 6.45) is 9.31. The van der Waals surface area contributed by atoms with Crippen LogP contribution in [-0.4, -0.2) is 34.6 Å². The predicted molar refractivity (Wildman–Crippen MR) is 58.9 cm³/mol. The molecule has 0 bridgehead atoms. The fourth-order valence-corrected chi connectivity index (χ4v) is 3.07. The molecule has 1 heterocycles. The second-order valence-corrected chi connectivity index (χ2v) is 4.88. The van der Waals surface area contributed by atoms with E-state index in [2.05, 4.69) is 4.90 Å². The predicted octanol–water partition coefficient (Wildman–Crippen LogP) is 2.26. The van der Waals surface area contributed by atoms with Crippen LogP contribution in [0, 0.1) is 0 Å². The van der Waals surface area contributed by atoms with Gasteiger partial charge in [0.1, 0.15) is 6.04 Å². The van der Waals surface area contributed by atoms with Gasteiger partial charge in [-0.05, 0) is 32.2 Å². The summed E-state index contributed by atoms with van der Waals surface area (Å²) in [4.78, 5) is 13.5. The molecule has 0 aromatic rings. The second kappa shape index (κ2) is 4.97. The largest absolute Gasteiger partial charge is 0.480 e. The molecule has 2 aliphatic rings. The van der Waals surface area contributed by atoms with Crippen molar-refractivity contribution < 1.29 is 9.90 Å². The third-order valence-corrected chi connectivity index (χ3v) is 3.87. The van der Waals surface area contributed by atoms with E-state index in [0.717, 1.165) is 19.4 Å². The van der Waals surface area contributed by atoms with Crippen LogP contribution in [0.25, 0.3) is 0 Å². The van der Waals surface area contributed by atoms with Crippen molar-refractivity contribution >= 4 is 5.97 Å². The van der Waals surface area contributed by atoms with Gasteiger partial charge in [0.15, 0.2) is 0 Å². The fraction of sp³-hybridized carbons (Fsp3) is 0.917. The van der Waals surface area contributed by atoms with E-state index in [4.69, 9.17) is 0 Å². The minimum Gasteiger partial charge on any atom is -0.480 e. The molecule has 0 spiro atoms. The molecule has 1 aliphatic carbocycles. The number of carbonyl (C=O) groups is 1. The Morgan fingerprint density at radius 3 is 2.33 bits per heavy atom. The topological polar surface area (TPSA) is 40.5 Å². The van der Waals surface area contributed by atoms with E-state index in [1.165, 1.54) is 38.5 Å². The SMILES string of the molecule is O=C(O)C1CCCCCN1C1CCCC1. The van der Waals surface area contributed by atoms with Gasteiger partial charge in [-0.2, -0.15) is 0 Å². The Kier molecular flexibility index (Phi) is 3.62. The van der Waals surface area contributed by atoms with Crippen molar-refractivity contribution in [3.63, 3.8) is 0 Å². The molecule has 2 rings (SSSR count). The maximum atomic E-state index is 11.2. The van der Waals surface area contributed by atoms with Crippen LogP contribution in [0.15, 0.2) is 0 Å². The third-order valence-electron chi connectivity index (χ3n) is 3.87. The van der Waals surface area contributed by atoms with Crippen LogP contribution in [0.3, 0.4) is 0 Å². The van der Waals surface area contributed by atoms with Crippen molar-refractivity contribution in [3.8, 4) is 0 Å². The summed E-state index contributed by atoms with van der Waals surface area (Å²) >= 11 is 0. The standard InChI is InChI=1S/C12H21NO2/c14-12(15)11-8-2-1-5-9-13(11)10-6-3-4-7-10/h10-11H,1-9H2,(H,14,15). The Hall–Kier alpha value is -0.570. The summed E-state index contributed by atoms with van der Waals surface area (Å²) in [6, 6.07) is 0.361. The number of likely N-dealkylation sites (tertiary alicyclic amines) is 1. The molecule has 1 atom stereocenters. The molecule has 1 unspecified atom stereocenters. The van der Waals surface area contributed by atoms with Gasteiger partial charge in [-0.1, -0.05) is 25.7 Å². The smallest absolute Gasteiger partial charge is 0.320 e. The van der Waals surface area contributed by atoms with Crippen molar-refractivity contribution in [3.05, 3.63) is 0 Å². The van der Waals surface area contributed by atoms with Crippen LogP contribution >= 0.6 is 0 Å². The van der Waals surface area contributed by atoms with E-state index in [-0.39, 0.29) is 6.04 Å². The van der Waals surface area contributed by atoms with Crippen molar-refractivity contribution in [2.45, 2.75) is 63.5 Å². The van der Waals surface area contributed by atoms with Crippen LogP contribution in [0.1, 0.15) is 51.4 Å². The number of carboxylic acid groups (broad SMARTS) is 1. The molecular formula is C12H21NO2. The molecule has 1 aliphatic heterocycles. The minimum absolute atomic E-state index is 0.199. The number of hydrogen-bond acceptors (Lipinski definition) is 2. The Morgan fingerprint density at radius 2 is 1.67 bits per heavy atom. The average Bonchev–Trinajstić information content (AvgIpc) is 2.61. The summed E-state index contributed by atoms with van der Waals surface area (Å²) in [5.41, 5.74) is 0. The summed E-state index contributed by atoms with van der Waals surface area (Å²) < 4.78 is 0. The maximum Gasteiger partial charge on any atom is 0.320 e. The molecule has 1 saturated heterocycles. The maximum absolute atomic E-state index is 11.2. The first kappa shape index (κ1) is 10.9. The molecule has 0 radical (unpaired) electrons. The highest BCUT2D eigenvalue weighted by Gasteiger charge is 2.33. The second-order valence-electron chi connectivity index (χ2n) is 4.88. The van der Waals surface area contributed by atoms with E-state index in [9.17, 15) is 9.90 Å². The van der Waals surface area contributed by atoms with Crippen LogP contribution < -0.4 is 0 Å². The zero-order valence-corrected chi connectivity index (χ0v) is 9.32. The van der Waals surface area contributed by atoms with E-state index in [1.54, 1.807) is 0 Å². The Morgan fingerprint density at radius 1 is 1.00 bits per heavy atom. The molecule has 1 N–H and O–H groups in total. The molecular weight excluding hydrogens is 190 g/mol. The van der Waals surface area contributed by atoms with Gasteiger partial charge in [0.2, 0.25) is 0 Å². The van der Waals surface area contributed by atoms with E-state index >= 15 is 0 Å². The van der Waals surface area contributed by atoms with Gasteiger partial charge >= 0.3 is 5.97 Å². The molecule has 2 fully saturated rings.